The van der Waals surface area contributed by atoms with Crippen molar-refractivity contribution in [1.29, 1.82) is 0 Å². The highest BCUT2D eigenvalue weighted by Gasteiger charge is 2.33. The van der Waals surface area contributed by atoms with E-state index >= 15 is 0 Å². The van der Waals surface area contributed by atoms with Crippen LogP contribution in [-0.2, 0) is 32.6 Å². The molecule has 202 valence electrons. The topological polar surface area (TPSA) is 86.8 Å². The van der Waals surface area contributed by atoms with E-state index in [0.29, 0.717) is 23.1 Å². The van der Waals surface area contributed by atoms with Gasteiger partial charge in [0.25, 0.3) is 0 Å². The smallest absolute Gasteiger partial charge is 0.244 e. The van der Waals surface area contributed by atoms with Gasteiger partial charge in [-0.3, -0.25) is 13.9 Å². The fraction of sp³-hybridized carbons (Fsp3) is 0.310. The number of benzene rings is 3. The highest BCUT2D eigenvalue weighted by atomic mass is 79.9. The largest absolute Gasteiger partial charge is 0.354 e. The monoisotopic (exact) mass is 599 g/mol. The van der Waals surface area contributed by atoms with E-state index in [1.54, 1.807) is 24.3 Å². The molecule has 3 rings (SSSR count). The number of carbonyl (C=O) groups is 2. The Bertz CT molecular complexity index is 1330. The molecule has 0 saturated heterocycles. The molecule has 3 aromatic rings. The van der Waals surface area contributed by atoms with Gasteiger partial charge in [-0.1, -0.05) is 79.2 Å². The number of nitrogens with one attached hydrogen (secondary N) is 1. The molecule has 0 radical (unpaired) electrons. The van der Waals surface area contributed by atoms with E-state index in [-0.39, 0.29) is 12.5 Å². The van der Waals surface area contributed by atoms with Crippen molar-refractivity contribution >= 4 is 43.5 Å². The lowest BCUT2D eigenvalue weighted by Gasteiger charge is -2.33. The zero-order valence-electron chi connectivity index (χ0n) is 21.9. The second-order valence-electron chi connectivity index (χ2n) is 9.22. The van der Waals surface area contributed by atoms with Crippen LogP contribution in [0.1, 0.15) is 30.0 Å². The minimum Gasteiger partial charge on any atom is -0.354 e. The quantitative estimate of drug-likeness (QED) is 0.327. The predicted octanol–water partition coefficient (Wildman–Crippen LogP) is 4.69. The van der Waals surface area contributed by atoms with Gasteiger partial charge >= 0.3 is 0 Å². The Morgan fingerprint density at radius 3 is 2.16 bits per heavy atom. The summed E-state index contributed by atoms with van der Waals surface area (Å²) in [5.74, 6) is -0.748. The van der Waals surface area contributed by atoms with Crippen molar-refractivity contribution in [2.45, 2.75) is 39.3 Å². The van der Waals surface area contributed by atoms with Gasteiger partial charge in [-0.2, -0.15) is 0 Å². The van der Waals surface area contributed by atoms with E-state index < -0.39 is 28.5 Å². The molecule has 38 heavy (non-hydrogen) atoms. The molecule has 0 aromatic heterocycles. The van der Waals surface area contributed by atoms with Crippen molar-refractivity contribution in [3.05, 3.63) is 100 Å². The van der Waals surface area contributed by atoms with Gasteiger partial charge in [-0.15, -0.1) is 0 Å². The van der Waals surface area contributed by atoms with E-state index in [2.05, 4.69) is 21.2 Å². The van der Waals surface area contributed by atoms with Gasteiger partial charge < -0.3 is 10.2 Å². The fourth-order valence-corrected chi connectivity index (χ4v) is 5.54. The Morgan fingerprint density at radius 2 is 1.55 bits per heavy atom. The van der Waals surface area contributed by atoms with Gasteiger partial charge in [0.15, 0.2) is 0 Å². The van der Waals surface area contributed by atoms with Crippen LogP contribution >= 0.6 is 15.9 Å². The summed E-state index contributed by atoms with van der Waals surface area (Å²) in [5, 5.41) is 2.94. The highest BCUT2D eigenvalue weighted by Crippen LogP contribution is 2.28. The molecule has 0 unspecified atom stereocenters. The average Bonchev–Trinajstić information content (AvgIpc) is 2.89. The number of hydrogen-bond acceptors (Lipinski definition) is 4. The predicted molar refractivity (Wildman–Crippen MR) is 155 cm³/mol. The summed E-state index contributed by atoms with van der Waals surface area (Å²) in [5.41, 5.74) is 3.17. The van der Waals surface area contributed by atoms with Crippen LogP contribution in [0.3, 0.4) is 0 Å². The molecule has 0 spiro atoms. The summed E-state index contributed by atoms with van der Waals surface area (Å²) >= 11 is 3.41. The molecule has 0 heterocycles. The highest BCUT2D eigenvalue weighted by molar-refractivity contribution is 9.10. The number of para-hydroxylation sites is 1. The van der Waals surface area contributed by atoms with Gasteiger partial charge in [-0.25, -0.2) is 8.42 Å². The number of anilines is 1. The van der Waals surface area contributed by atoms with Crippen molar-refractivity contribution in [3.63, 3.8) is 0 Å². The molecular weight excluding hydrogens is 566 g/mol. The van der Waals surface area contributed by atoms with Crippen molar-refractivity contribution in [2.24, 2.45) is 0 Å². The van der Waals surface area contributed by atoms with Crippen LogP contribution in [0.25, 0.3) is 0 Å². The molecule has 0 saturated carbocycles. The van der Waals surface area contributed by atoms with Crippen molar-refractivity contribution < 1.29 is 18.0 Å². The third kappa shape index (κ3) is 8.16. The van der Waals surface area contributed by atoms with Crippen LogP contribution in [0.5, 0.6) is 0 Å². The van der Waals surface area contributed by atoms with Crippen LogP contribution in [0.2, 0.25) is 0 Å². The van der Waals surface area contributed by atoms with E-state index in [4.69, 9.17) is 0 Å². The van der Waals surface area contributed by atoms with Gasteiger partial charge in [0.2, 0.25) is 21.8 Å². The van der Waals surface area contributed by atoms with Gasteiger partial charge in [0, 0.05) is 24.0 Å². The minimum absolute atomic E-state index is 0.156. The first-order chi connectivity index (χ1) is 18.1. The Morgan fingerprint density at radius 1 is 0.921 bits per heavy atom. The Labute approximate surface area is 234 Å². The van der Waals surface area contributed by atoms with Crippen LogP contribution in [0, 0.1) is 6.92 Å². The number of nitrogens with zero attached hydrogens (tertiary/aromatic N) is 2. The first-order valence-corrected chi connectivity index (χ1v) is 15.1. The molecule has 0 aliphatic rings. The minimum atomic E-state index is -3.81. The lowest BCUT2D eigenvalue weighted by Crippen LogP contribution is -2.53. The number of rotatable bonds is 12. The number of sulfonamides is 1. The number of amides is 2. The van der Waals surface area contributed by atoms with Gasteiger partial charge in [0.1, 0.15) is 12.6 Å². The fourth-order valence-electron chi connectivity index (χ4n) is 4.06. The zero-order chi connectivity index (χ0) is 27.7. The maximum Gasteiger partial charge on any atom is 0.244 e. The van der Waals surface area contributed by atoms with Gasteiger partial charge in [-0.05, 0) is 52.5 Å². The first-order valence-electron chi connectivity index (χ1n) is 12.5. The molecule has 0 aliphatic carbocycles. The Kier molecular flexibility index (Phi) is 10.5. The summed E-state index contributed by atoms with van der Waals surface area (Å²) in [6.07, 6.45) is 2.11. The summed E-state index contributed by atoms with van der Waals surface area (Å²) < 4.78 is 27.3. The lowest BCUT2D eigenvalue weighted by atomic mass is 10.0. The van der Waals surface area contributed by atoms with Crippen molar-refractivity contribution in [3.8, 4) is 0 Å². The van der Waals surface area contributed by atoms with Crippen LogP contribution in [-0.4, -0.2) is 50.5 Å². The van der Waals surface area contributed by atoms with E-state index in [1.165, 1.54) is 4.90 Å². The third-order valence-electron chi connectivity index (χ3n) is 6.09. The summed E-state index contributed by atoms with van der Waals surface area (Å²) in [7, 11) is -3.81. The molecule has 0 bridgehead atoms. The van der Waals surface area contributed by atoms with Crippen LogP contribution in [0.4, 0.5) is 5.69 Å². The molecule has 2 amide bonds. The maximum absolute atomic E-state index is 14.0. The molecule has 0 aliphatic heterocycles. The van der Waals surface area contributed by atoms with Gasteiger partial charge in [0.05, 0.1) is 11.9 Å². The van der Waals surface area contributed by atoms with Crippen LogP contribution < -0.4 is 9.62 Å². The molecule has 1 atom stereocenters. The molecule has 9 heteroatoms. The summed E-state index contributed by atoms with van der Waals surface area (Å²) in [6, 6.07) is 23.2. The Hall–Kier alpha value is -3.17. The first kappa shape index (κ1) is 29.4. The normalized spacial score (nSPS) is 12.0. The van der Waals surface area contributed by atoms with E-state index in [9.17, 15) is 18.0 Å². The van der Waals surface area contributed by atoms with E-state index in [1.807, 2.05) is 68.4 Å². The van der Waals surface area contributed by atoms with Crippen molar-refractivity contribution in [2.75, 3.05) is 23.7 Å². The second-order valence-corrected chi connectivity index (χ2v) is 12.0. The van der Waals surface area contributed by atoms with Crippen molar-refractivity contribution in [1.82, 2.24) is 10.2 Å². The number of aryl methyl sites for hydroxylation is 1. The number of halogens is 1. The number of carbonyl (C=O) groups excluding carboxylic acids is 2. The van der Waals surface area contributed by atoms with Crippen LogP contribution in [0.15, 0.2) is 83.3 Å². The molecule has 1 N–H and O–H groups in total. The summed E-state index contributed by atoms with van der Waals surface area (Å²) in [4.78, 5) is 28.9. The Balaban J connectivity index is 2.04. The lowest BCUT2D eigenvalue weighted by molar-refractivity contribution is -0.140. The third-order valence-corrected chi connectivity index (χ3v) is 7.89. The SMILES string of the molecule is CCCNC(=O)[C@@H](Cc1ccccc1)N(Cc1ccc(C)cc1)C(=O)CN(c1ccccc1Br)S(C)(=O)=O. The molecule has 7 nitrogen and oxygen atoms in total. The zero-order valence-corrected chi connectivity index (χ0v) is 24.3. The molecule has 0 fully saturated rings. The average molecular weight is 601 g/mol. The maximum atomic E-state index is 14.0. The second kappa shape index (κ2) is 13.6. The number of hydrogen-bond donors (Lipinski definition) is 1. The summed E-state index contributed by atoms with van der Waals surface area (Å²) in [6.45, 7) is 4.13. The van der Waals surface area contributed by atoms with E-state index in [0.717, 1.165) is 33.7 Å². The standard InChI is InChI=1S/C29H34BrN3O4S/c1-4-18-31-29(35)27(19-23-10-6-5-7-11-23)32(20-24-16-14-22(2)15-17-24)28(34)21-33(38(3,36)37)26-13-9-8-12-25(26)30/h5-17,27H,4,18-21H2,1-3H3,(H,31,35)/t27-/m1/s1. The molecule has 3 aromatic carbocycles. The molecular formula is C29H34BrN3O4S.